The van der Waals surface area contributed by atoms with Gasteiger partial charge in [-0.1, -0.05) is 19.9 Å². The van der Waals surface area contributed by atoms with E-state index in [-0.39, 0.29) is 36.1 Å². The zero-order valence-corrected chi connectivity index (χ0v) is 13.5. The smallest absolute Gasteiger partial charge is 0.354 e. The summed E-state index contributed by atoms with van der Waals surface area (Å²) in [5.74, 6) is -1.61. The van der Waals surface area contributed by atoms with Gasteiger partial charge in [0.15, 0.2) is 5.71 Å². The highest BCUT2D eigenvalue weighted by Gasteiger charge is 2.21. The van der Waals surface area contributed by atoms with Gasteiger partial charge >= 0.3 is 5.97 Å². The molecule has 0 aliphatic rings. The zero-order chi connectivity index (χ0) is 17.2. The lowest BCUT2D eigenvalue weighted by molar-refractivity contribution is -0.135. The van der Waals surface area contributed by atoms with E-state index in [4.69, 9.17) is 4.74 Å². The summed E-state index contributed by atoms with van der Waals surface area (Å²) in [6.45, 7) is 5.46. The summed E-state index contributed by atoms with van der Waals surface area (Å²) in [4.78, 5) is 39.6. The molecular weight excluding hydrogens is 298 g/mol. The molecule has 0 spiro atoms. The number of esters is 1. The van der Waals surface area contributed by atoms with E-state index in [1.54, 1.807) is 26.0 Å². The molecule has 1 rings (SSSR count). The Hall–Kier alpha value is -2.57. The Balaban J connectivity index is 2.84. The van der Waals surface area contributed by atoms with E-state index in [2.05, 4.69) is 15.5 Å². The van der Waals surface area contributed by atoms with Crippen molar-refractivity contribution < 1.29 is 19.1 Å². The molecule has 7 nitrogen and oxygen atoms in total. The van der Waals surface area contributed by atoms with Crippen LogP contribution in [0.2, 0.25) is 0 Å². The van der Waals surface area contributed by atoms with Crippen LogP contribution in [0.1, 0.15) is 44.1 Å². The fraction of sp³-hybridized carbons (Fsp3) is 0.438. The number of hydrogen-bond acceptors (Lipinski definition) is 6. The first-order chi connectivity index (χ1) is 11.0. The third kappa shape index (κ3) is 5.98. The van der Waals surface area contributed by atoms with Crippen molar-refractivity contribution in [3.63, 3.8) is 0 Å². The molecule has 0 radical (unpaired) electrons. The Bertz CT molecular complexity index is 584. The lowest BCUT2D eigenvalue weighted by Crippen LogP contribution is -2.28. The van der Waals surface area contributed by atoms with E-state index in [0.29, 0.717) is 6.42 Å². The van der Waals surface area contributed by atoms with E-state index in [0.717, 1.165) is 0 Å². The van der Waals surface area contributed by atoms with Gasteiger partial charge in [0, 0.05) is 12.1 Å². The minimum Gasteiger partial charge on any atom is -0.461 e. The number of nitrogens with zero attached hydrogens (tertiary/aromatic N) is 2. The van der Waals surface area contributed by atoms with E-state index in [1.807, 2.05) is 6.92 Å². The van der Waals surface area contributed by atoms with Gasteiger partial charge < -0.3 is 4.74 Å². The molecule has 23 heavy (non-hydrogen) atoms. The van der Waals surface area contributed by atoms with Gasteiger partial charge in [0.1, 0.15) is 11.5 Å². The standard InChI is InChI=1S/C16H21N3O4/c1-4-11(3)14(20)10-13(16(22)23-5-2)18-19-15(21)12-8-6-7-9-17-12/h6-9,11H,4-5,10H2,1-3H3,(H,19,21)/b18-13-. The van der Waals surface area contributed by atoms with Gasteiger partial charge in [-0.3, -0.25) is 14.6 Å². The lowest BCUT2D eigenvalue weighted by Gasteiger charge is -2.09. The highest BCUT2D eigenvalue weighted by Crippen LogP contribution is 2.07. The molecule has 0 bridgehead atoms. The Labute approximate surface area is 135 Å². The molecule has 0 aliphatic carbocycles. The first kappa shape index (κ1) is 18.5. The third-order valence-electron chi connectivity index (χ3n) is 3.20. The molecular formula is C16H21N3O4. The number of carbonyl (C=O) groups is 3. The minimum atomic E-state index is -0.717. The number of pyridine rings is 1. The quantitative estimate of drug-likeness (QED) is 0.447. The van der Waals surface area contributed by atoms with Gasteiger partial charge in [0.2, 0.25) is 0 Å². The van der Waals surface area contributed by atoms with Gasteiger partial charge in [-0.2, -0.15) is 5.10 Å². The largest absolute Gasteiger partial charge is 0.461 e. The van der Waals surface area contributed by atoms with Crippen LogP contribution in [0.4, 0.5) is 0 Å². The van der Waals surface area contributed by atoms with Crippen LogP contribution < -0.4 is 5.43 Å². The molecule has 1 amide bonds. The highest BCUT2D eigenvalue weighted by atomic mass is 16.5. The Morgan fingerprint density at radius 1 is 1.30 bits per heavy atom. The maximum Gasteiger partial charge on any atom is 0.354 e. The number of hydrogen-bond donors (Lipinski definition) is 1. The fourth-order valence-corrected chi connectivity index (χ4v) is 1.61. The summed E-state index contributed by atoms with van der Waals surface area (Å²) < 4.78 is 4.87. The van der Waals surface area contributed by atoms with Crippen LogP contribution in [-0.4, -0.2) is 35.0 Å². The molecule has 7 heteroatoms. The van der Waals surface area contributed by atoms with E-state index < -0.39 is 11.9 Å². The molecule has 1 N–H and O–H groups in total. The summed E-state index contributed by atoms with van der Waals surface area (Å²) in [6, 6.07) is 4.85. The topological polar surface area (TPSA) is 97.7 Å². The SMILES string of the molecule is CCOC(=O)/C(CC(=O)C(C)CC)=N\NC(=O)c1ccccn1. The second kappa shape index (κ2) is 9.45. The summed E-state index contributed by atoms with van der Waals surface area (Å²) in [7, 11) is 0. The van der Waals surface area contributed by atoms with Crippen LogP contribution in [-0.2, 0) is 14.3 Å². The minimum absolute atomic E-state index is 0.124. The van der Waals surface area contributed by atoms with Gasteiger partial charge in [0.25, 0.3) is 5.91 Å². The number of nitrogens with one attached hydrogen (secondary N) is 1. The number of ketones is 1. The van der Waals surface area contributed by atoms with Crippen molar-refractivity contribution in [1.29, 1.82) is 0 Å². The van der Waals surface area contributed by atoms with Crippen molar-refractivity contribution in [2.45, 2.75) is 33.6 Å². The Morgan fingerprint density at radius 2 is 2.04 bits per heavy atom. The molecule has 0 saturated heterocycles. The van der Waals surface area contributed by atoms with Gasteiger partial charge in [0.05, 0.1) is 13.0 Å². The number of hydrazone groups is 1. The van der Waals surface area contributed by atoms with Crippen LogP contribution in [0.3, 0.4) is 0 Å². The number of Topliss-reactive ketones (excluding diaryl/α,β-unsaturated/α-hetero) is 1. The Kier molecular flexibility index (Phi) is 7.59. The average Bonchev–Trinajstić information content (AvgIpc) is 2.58. The van der Waals surface area contributed by atoms with Crippen LogP contribution >= 0.6 is 0 Å². The predicted molar refractivity (Wildman–Crippen MR) is 84.9 cm³/mol. The molecule has 1 atom stereocenters. The molecule has 1 heterocycles. The van der Waals surface area contributed by atoms with Crippen molar-refractivity contribution in [2.75, 3.05) is 6.61 Å². The summed E-state index contributed by atoms with van der Waals surface area (Å²) >= 11 is 0. The number of aromatic nitrogens is 1. The zero-order valence-electron chi connectivity index (χ0n) is 13.5. The summed E-state index contributed by atoms with van der Waals surface area (Å²) in [5.41, 5.74) is 2.27. The fourth-order valence-electron chi connectivity index (χ4n) is 1.61. The second-order valence-electron chi connectivity index (χ2n) is 4.89. The second-order valence-corrected chi connectivity index (χ2v) is 4.89. The number of carbonyl (C=O) groups excluding carboxylic acids is 3. The van der Waals surface area contributed by atoms with Gasteiger partial charge in [-0.25, -0.2) is 10.2 Å². The normalized spacial score (nSPS) is 12.4. The molecule has 1 unspecified atom stereocenters. The van der Waals surface area contributed by atoms with Crippen molar-refractivity contribution in [2.24, 2.45) is 11.0 Å². The van der Waals surface area contributed by atoms with Crippen molar-refractivity contribution in [1.82, 2.24) is 10.4 Å². The number of rotatable bonds is 8. The molecule has 0 aromatic carbocycles. The van der Waals surface area contributed by atoms with E-state index in [1.165, 1.54) is 12.3 Å². The third-order valence-corrected chi connectivity index (χ3v) is 3.20. The van der Waals surface area contributed by atoms with E-state index >= 15 is 0 Å². The average molecular weight is 319 g/mol. The lowest BCUT2D eigenvalue weighted by atomic mass is 9.99. The van der Waals surface area contributed by atoms with Crippen LogP contribution in [0.25, 0.3) is 0 Å². The maximum atomic E-state index is 12.0. The molecule has 1 aromatic heterocycles. The van der Waals surface area contributed by atoms with Crippen molar-refractivity contribution in [3.05, 3.63) is 30.1 Å². The van der Waals surface area contributed by atoms with Crippen LogP contribution in [0.15, 0.2) is 29.5 Å². The predicted octanol–water partition coefficient (Wildman–Crippen LogP) is 1.74. The highest BCUT2D eigenvalue weighted by molar-refractivity contribution is 6.39. The first-order valence-corrected chi connectivity index (χ1v) is 7.47. The molecule has 124 valence electrons. The summed E-state index contributed by atoms with van der Waals surface area (Å²) in [5, 5.41) is 3.76. The monoisotopic (exact) mass is 319 g/mol. The van der Waals surface area contributed by atoms with E-state index in [9.17, 15) is 14.4 Å². The van der Waals surface area contributed by atoms with Crippen LogP contribution in [0.5, 0.6) is 0 Å². The molecule has 0 fully saturated rings. The number of ether oxygens (including phenoxy) is 1. The van der Waals surface area contributed by atoms with Crippen molar-refractivity contribution >= 4 is 23.4 Å². The van der Waals surface area contributed by atoms with Crippen molar-refractivity contribution in [3.8, 4) is 0 Å². The molecule has 0 saturated carbocycles. The van der Waals surface area contributed by atoms with Gasteiger partial charge in [-0.15, -0.1) is 0 Å². The molecule has 0 aliphatic heterocycles. The number of amides is 1. The summed E-state index contributed by atoms with van der Waals surface area (Å²) in [6.07, 6.45) is 1.95. The van der Waals surface area contributed by atoms with Crippen LogP contribution in [0, 0.1) is 5.92 Å². The maximum absolute atomic E-state index is 12.0. The van der Waals surface area contributed by atoms with Gasteiger partial charge in [-0.05, 0) is 25.5 Å². The molecule has 1 aromatic rings. The first-order valence-electron chi connectivity index (χ1n) is 7.47. The Morgan fingerprint density at radius 3 is 2.61 bits per heavy atom.